The van der Waals surface area contributed by atoms with E-state index in [1.54, 1.807) is 0 Å². The first kappa shape index (κ1) is 25.5. The molecule has 3 aromatic rings. The number of nitrogens with two attached hydrogens (primary N) is 1. The van der Waals surface area contributed by atoms with Crippen molar-refractivity contribution in [3.8, 4) is 0 Å². The number of rotatable bonds is 6. The number of hydrogen-bond donors (Lipinski definition) is 3. The van der Waals surface area contributed by atoms with Gasteiger partial charge in [-0.05, 0) is 51.0 Å². The lowest BCUT2D eigenvalue weighted by Gasteiger charge is -2.26. The van der Waals surface area contributed by atoms with E-state index >= 15 is 0 Å². The van der Waals surface area contributed by atoms with E-state index in [0.29, 0.717) is 24.1 Å². The van der Waals surface area contributed by atoms with Gasteiger partial charge in [-0.3, -0.25) is 4.57 Å². The maximum atomic E-state index is 6.06. The summed E-state index contributed by atoms with van der Waals surface area (Å²) in [7, 11) is 0. The van der Waals surface area contributed by atoms with Gasteiger partial charge in [0.25, 0.3) is 0 Å². The summed E-state index contributed by atoms with van der Waals surface area (Å²) < 4.78 is 2.32. The Kier molecular flexibility index (Phi) is 8.79. The van der Waals surface area contributed by atoms with E-state index < -0.39 is 0 Å². The normalized spacial score (nSPS) is 20.8. The minimum atomic E-state index is 0. The summed E-state index contributed by atoms with van der Waals surface area (Å²) in [4.78, 5) is 14.4. The maximum Gasteiger partial charge on any atom is 0.224 e. The molecule has 0 spiro atoms. The Hall–Kier alpha value is -2.09. The smallest absolute Gasteiger partial charge is 0.224 e. The summed E-state index contributed by atoms with van der Waals surface area (Å²) >= 11 is 0. The first-order valence-electron chi connectivity index (χ1n) is 11.7. The van der Waals surface area contributed by atoms with Crippen molar-refractivity contribution in [2.75, 3.05) is 10.6 Å². The number of benzene rings is 1. The van der Waals surface area contributed by atoms with Crippen molar-refractivity contribution >= 4 is 47.9 Å². The molecule has 1 aromatic carbocycles. The van der Waals surface area contributed by atoms with Gasteiger partial charge in [-0.15, -0.1) is 24.8 Å². The van der Waals surface area contributed by atoms with E-state index in [1.807, 2.05) is 6.20 Å². The molecule has 2 aliphatic carbocycles. The highest BCUT2D eigenvalue weighted by atomic mass is 35.5. The number of fused-ring (bicyclic) bond motifs is 1. The van der Waals surface area contributed by atoms with Gasteiger partial charge in [-0.2, -0.15) is 4.98 Å². The summed E-state index contributed by atoms with van der Waals surface area (Å²) in [5.41, 5.74) is 10.4. The van der Waals surface area contributed by atoms with Gasteiger partial charge in [0.2, 0.25) is 11.9 Å². The van der Waals surface area contributed by atoms with Crippen LogP contribution in [-0.4, -0.2) is 31.6 Å². The second-order valence-electron chi connectivity index (χ2n) is 9.24. The van der Waals surface area contributed by atoms with E-state index in [2.05, 4.69) is 51.4 Å². The molecule has 4 N–H and O–H groups in total. The molecule has 180 valence electrons. The number of aromatic nitrogens is 4. The molecule has 2 fully saturated rings. The van der Waals surface area contributed by atoms with Crippen LogP contribution in [0.15, 0.2) is 30.5 Å². The third-order valence-electron chi connectivity index (χ3n) is 6.76. The highest BCUT2D eigenvalue weighted by molar-refractivity contribution is 5.85. The lowest BCUT2D eigenvalue weighted by Crippen LogP contribution is -2.33. The van der Waals surface area contributed by atoms with Gasteiger partial charge in [-0.25, -0.2) is 9.97 Å². The average molecular weight is 492 g/mol. The first-order valence-corrected chi connectivity index (χ1v) is 11.7. The molecule has 0 saturated heterocycles. The molecular weight excluding hydrogens is 457 g/mol. The summed E-state index contributed by atoms with van der Waals surface area (Å²) in [6.07, 6.45) is 11.0. The van der Waals surface area contributed by atoms with Crippen LogP contribution in [0.25, 0.3) is 11.2 Å². The van der Waals surface area contributed by atoms with Crippen molar-refractivity contribution in [1.82, 2.24) is 19.5 Å². The topological polar surface area (TPSA) is 93.7 Å². The summed E-state index contributed by atoms with van der Waals surface area (Å²) in [6.45, 7) is 2.87. The van der Waals surface area contributed by atoms with Gasteiger partial charge in [0, 0.05) is 24.7 Å². The average Bonchev–Trinajstić information content (AvgIpc) is 3.41. The van der Waals surface area contributed by atoms with Crippen molar-refractivity contribution in [1.29, 1.82) is 0 Å². The van der Waals surface area contributed by atoms with Crippen LogP contribution in [0.5, 0.6) is 0 Å². The van der Waals surface area contributed by atoms with Crippen LogP contribution in [0.4, 0.5) is 11.9 Å². The Morgan fingerprint density at radius 3 is 2.52 bits per heavy atom. The molecule has 0 amide bonds. The van der Waals surface area contributed by atoms with Crippen LogP contribution in [0, 0.1) is 6.92 Å². The number of hydrogen-bond acceptors (Lipinski definition) is 6. The van der Waals surface area contributed by atoms with Crippen molar-refractivity contribution in [2.24, 2.45) is 5.73 Å². The number of aryl methyl sites for hydroxylation is 1. The van der Waals surface area contributed by atoms with E-state index in [1.165, 1.54) is 36.8 Å². The van der Waals surface area contributed by atoms with Gasteiger partial charge in [0.15, 0.2) is 5.65 Å². The molecule has 0 unspecified atom stereocenters. The molecule has 0 aliphatic heterocycles. The van der Waals surface area contributed by atoms with Gasteiger partial charge >= 0.3 is 0 Å². The fourth-order valence-electron chi connectivity index (χ4n) is 5.04. The van der Waals surface area contributed by atoms with Gasteiger partial charge in [-0.1, -0.05) is 42.7 Å². The van der Waals surface area contributed by atoms with Crippen molar-refractivity contribution < 1.29 is 0 Å². The molecule has 2 aromatic heterocycles. The zero-order valence-electron chi connectivity index (χ0n) is 19.2. The quantitative estimate of drug-likeness (QED) is 0.427. The lowest BCUT2D eigenvalue weighted by molar-refractivity contribution is 0.410. The highest BCUT2D eigenvalue weighted by Gasteiger charge is 2.25. The third-order valence-corrected chi connectivity index (χ3v) is 6.76. The van der Waals surface area contributed by atoms with Crippen molar-refractivity contribution in [3.05, 3.63) is 41.6 Å². The first-order chi connectivity index (χ1) is 15.2. The van der Waals surface area contributed by atoms with E-state index in [-0.39, 0.29) is 24.8 Å². The van der Waals surface area contributed by atoms with Gasteiger partial charge in [0.05, 0.1) is 6.20 Å². The monoisotopic (exact) mass is 491 g/mol. The van der Waals surface area contributed by atoms with Crippen LogP contribution in [0.1, 0.15) is 68.5 Å². The molecule has 2 aliphatic rings. The van der Waals surface area contributed by atoms with Crippen LogP contribution in [0.2, 0.25) is 0 Å². The van der Waals surface area contributed by atoms with E-state index in [0.717, 1.165) is 49.3 Å². The largest absolute Gasteiger partial charge is 0.352 e. The predicted octanol–water partition coefficient (Wildman–Crippen LogP) is 5.39. The number of anilines is 2. The van der Waals surface area contributed by atoms with Crippen LogP contribution < -0.4 is 16.4 Å². The number of halogens is 2. The summed E-state index contributed by atoms with van der Waals surface area (Å²) in [5.74, 6) is 1.61. The molecule has 2 heterocycles. The zero-order chi connectivity index (χ0) is 21.2. The molecule has 2 saturated carbocycles. The van der Waals surface area contributed by atoms with Crippen molar-refractivity contribution in [2.45, 2.75) is 83.0 Å². The van der Waals surface area contributed by atoms with Gasteiger partial charge in [0.1, 0.15) is 5.52 Å². The zero-order valence-corrected chi connectivity index (χ0v) is 20.8. The third kappa shape index (κ3) is 5.89. The Morgan fingerprint density at radius 1 is 1.03 bits per heavy atom. The Morgan fingerprint density at radius 2 is 1.79 bits per heavy atom. The van der Waals surface area contributed by atoms with E-state index in [9.17, 15) is 0 Å². The molecule has 0 radical (unpaired) electrons. The second-order valence-corrected chi connectivity index (χ2v) is 9.24. The fourth-order valence-corrected chi connectivity index (χ4v) is 5.04. The lowest BCUT2D eigenvalue weighted by atomic mass is 9.92. The van der Waals surface area contributed by atoms with Crippen LogP contribution in [-0.2, 0) is 6.54 Å². The minimum absolute atomic E-state index is 0. The van der Waals surface area contributed by atoms with E-state index in [4.69, 9.17) is 15.7 Å². The minimum Gasteiger partial charge on any atom is -0.352 e. The highest BCUT2D eigenvalue weighted by Crippen LogP contribution is 2.35. The Labute approximate surface area is 208 Å². The number of nitrogens with zero attached hydrogens (tertiary/aromatic N) is 4. The second kappa shape index (κ2) is 11.4. The molecule has 33 heavy (non-hydrogen) atoms. The van der Waals surface area contributed by atoms with Crippen LogP contribution in [0.3, 0.4) is 0 Å². The molecule has 5 rings (SSSR count). The summed E-state index contributed by atoms with van der Waals surface area (Å²) in [6, 6.07) is 9.79. The SMILES string of the molecule is Cc1cccc(CNc2nc3cnc(NC4CCC(N)CC4)nc3n2C2CCCC2)c1.Cl.Cl. The van der Waals surface area contributed by atoms with Crippen LogP contribution >= 0.6 is 24.8 Å². The molecule has 7 nitrogen and oxygen atoms in total. The maximum absolute atomic E-state index is 6.06. The molecule has 0 bridgehead atoms. The molecule has 9 heteroatoms. The Bertz CT molecular complexity index is 1040. The standard InChI is InChI=1S/C24H33N7.2ClH/c1-16-5-4-6-17(13-16)14-27-24-29-21-15-26-23(28-19-11-9-18(25)10-12-19)30-22(21)31(24)20-7-2-3-8-20;;/h4-6,13,15,18-20H,2-3,7-12,14,25H2,1H3,(H,27,29)(H,26,28,30);2*1H. The predicted molar refractivity (Wildman–Crippen MR) is 140 cm³/mol. The summed E-state index contributed by atoms with van der Waals surface area (Å²) in [5, 5.41) is 7.12. The fraction of sp³-hybridized carbons (Fsp3) is 0.542. The Balaban J connectivity index is 0.00000153. The van der Waals surface area contributed by atoms with Gasteiger partial charge < -0.3 is 16.4 Å². The van der Waals surface area contributed by atoms with Crippen molar-refractivity contribution in [3.63, 3.8) is 0 Å². The molecule has 0 atom stereocenters. The number of imidazole rings is 1. The number of nitrogens with one attached hydrogen (secondary N) is 2. The molecular formula is C24H35Cl2N7.